The standard InChI is InChI=1S/C24H18N6O/c25-14-16-3-1-4-18(13-16)28-24(31)29-21-5-2-6-22-20(21)9-12-30(22)15-17-7-10-26-23-19(17)8-11-27-23/h1-13H,15H2,(H,26,27)(H2,28,29,31)/i15D2. The van der Waals surface area contributed by atoms with Crippen molar-refractivity contribution in [3.05, 3.63) is 90.4 Å². The van der Waals surface area contributed by atoms with Crippen LogP contribution in [0.5, 0.6) is 0 Å². The summed E-state index contributed by atoms with van der Waals surface area (Å²) in [6.07, 6.45) is 4.98. The van der Waals surface area contributed by atoms with Crippen LogP contribution >= 0.6 is 0 Å². The van der Waals surface area contributed by atoms with E-state index in [0.29, 0.717) is 44.4 Å². The number of hydrogen-bond donors (Lipinski definition) is 3. The number of anilines is 2. The Balaban J connectivity index is 1.47. The van der Waals surface area contributed by atoms with E-state index in [1.54, 1.807) is 77.8 Å². The van der Waals surface area contributed by atoms with E-state index in [2.05, 4.69) is 20.6 Å². The highest BCUT2D eigenvalue weighted by atomic mass is 16.2. The summed E-state index contributed by atoms with van der Waals surface area (Å²) in [5, 5.41) is 16.0. The smallest absolute Gasteiger partial charge is 0.323 e. The zero-order chi connectivity index (χ0) is 23.0. The number of aromatic amines is 1. The number of pyridine rings is 1. The van der Waals surface area contributed by atoms with E-state index >= 15 is 0 Å². The molecule has 0 saturated carbocycles. The van der Waals surface area contributed by atoms with Gasteiger partial charge in [-0.25, -0.2) is 9.78 Å². The molecule has 5 aromatic rings. The number of carbonyl (C=O) groups is 1. The lowest BCUT2D eigenvalue weighted by atomic mass is 10.2. The number of hydrogen-bond acceptors (Lipinski definition) is 3. The molecule has 150 valence electrons. The van der Waals surface area contributed by atoms with Crippen molar-refractivity contribution in [2.75, 3.05) is 10.6 Å². The summed E-state index contributed by atoms with van der Waals surface area (Å²) in [7, 11) is 0. The second-order valence-corrected chi connectivity index (χ2v) is 6.91. The number of nitrogens with zero attached hydrogens (tertiary/aromatic N) is 3. The van der Waals surface area contributed by atoms with E-state index in [9.17, 15) is 4.79 Å². The molecule has 3 heterocycles. The normalized spacial score (nSPS) is 12.2. The van der Waals surface area contributed by atoms with Crippen LogP contribution in [-0.4, -0.2) is 20.6 Å². The molecule has 0 bridgehead atoms. The van der Waals surface area contributed by atoms with Crippen LogP contribution < -0.4 is 10.6 Å². The van der Waals surface area contributed by atoms with Gasteiger partial charge in [0.25, 0.3) is 0 Å². The lowest BCUT2D eigenvalue weighted by molar-refractivity contribution is 0.262. The third kappa shape index (κ3) is 3.58. The van der Waals surface area contributed by atoms with Crippen molar-refractivity contribution in [1.29, 1.82) is 5.26 Å². The van der Waals surface area contributed by atoms with Gasteiger partial charge in [0.2, 0.25) is 0 Å². The van der Waals surface area contributed by atoms with Crippen LogP contribution in [0.1, 0.15) is 13.9 Å². The fourth-order valence-corrected chi connectivity index (χ4v) is 3.51. The number of amides is 2. The van der Waals surface area contributed by atoms with Gasteiger partial charge in [-0.3, -0.25) is 0 Å². The Kier molecular flexibility index (Phi) is 4.03. The molecule has 0 radical (unpaired) electrons. The SMILES string of the molecule is [2H]C([2H])(c1ccnc2[nH]ccc12)n1ccc2c(NC(=O)Nc3cccc(C#N)c3)cccc21. The number of H-pyrrole nitrogens is 1. The van der Waals surface area contributed by atoms with E-state index in [1.165, 1.54) is 0 Å². The van der Waals surface area contributed by atoms with Gasteiger partial charge in [-0.2, -0.15) is 5.26 Å². The number of nitrogens with one attached hydrogen (secondary N) is 3. The summed E-state index contributed by atoms with van der Waals surface area (Å²) in [5.74, 6) is 0. The van der Waals surface area contributed by atoms with Crippen LogP contribution in [-0.2, 0) is 6.50 Å². The molecule has 0 aliphatic rings. The average Bonchev–Trinajstić information content (AvgIpc) is 3.47. The summed E-state index contributed by atoms with van der Waals surface area (Å²) in [6.45, 7) is -1.86. The molecule has 3 aromatic heterocycles. The lowest BCUT2D eigenvalue weighted by Crippen LogP contribution is -2.19. The summed E-state index contributed by atoms with van der Waals surface area (Å²) >= 11 is 0. The van der Waals surface area contributed by atoms with Crippen LogP contribution in [0.4, 0.5) is 16.2 Å². The van der Waals surface area contributed by atoms with Gasteiger partial charge in [0.15, 0.2) is 0 Å². The highest BCUT2D eigenvalue weighted by Gasteiger charge is 2.11. The Hall–Kier alpha value is -4.57. The molecular formula is C24H18N6O. The molecule has 0 unspecified atom stereocenters. The van der Waals surface area contributed by atoms with E-state index in [0.717, 1.165) is 0 Å². The van der Waals surface area contributed by atoms with Crippen LogP contribution in [0, 0.1) is 11.3 Å². The molecule has 7 nitrogen and oxygen atoms in total. The second-order valence-electron chi connectivity index (χ2n) is 6.91. The lowest BCUT2D eigenvalue weighted by Gasteiger charge is -2.10. The third-order valence-corrected chi connectivity index (χ3v) is 4.93. The Bertz CT molecular complexity index is 1550. The number of urea groups is 1. The zero-order valence-corrected chi connectivity index (χ0v) is 16.3. The number of rotatable bonds is 4. The van der Waals surface area contributed by atoms with Gasteiger partial charge in [-0.05, 0) is 54.1 Å². The molecule has 5 rings (SSSR count). The number of aromatic nitrogens is 3. The Morgan fingerprint density at radius 2 is 2.03 bits per heavy atom. The molecule has 2 amide bonds. The van der Waals surface area contributed by atoms with E-state index in [4.69, 9.17) is 8.00 Å². The summed E-state index contributed by atoms with van der Waals surface area (Å²) in [4.78, 5) is 19.8. The van der Waals surface area contributed by atoms with Crippen molar-refractivity contribution in [1.82, 2.24) is 14.5 Å². The fourth-order valence-electron chi connectivity index (χ4n) is 3.51. The summed E-state index contributed by atoms with van der Waals surface area (Å²) in [6, 6.07) is 18.8. The van der Waals surface area contributed by atoms with Gasteiger partial charge < -0.3 is 20.2 Å². The minimum atomic E-state index is -1.86. The first-order valence-electron chi connectivity index (χ1n) is 10.6. The molecule has 0 saturated heterocycles. The Labute approximate surface area is 180 Å². The number of fused-ring (bicyclic) bond motifs is 2. The monoisotopic (exact) mass is 408 g/mol. The topological polar surface area (TPSA) is 98.5 Å². The van der Waals surface area contributed by atoms with Gasteiger partial charge in [0.1, 0.15) is 5.65 Å². The minimum Gasteiger partial charge on any atom is -0.346 e. The Morgan fingerprint density at radius 3 is 2.94 bits per heavy atom. The molecule has 0 spiro atoms. The average molecular weight is 408 g/mol. The first-order chi connectivity index (χ1) is 16.0. The highest BCUT2D eigenvalue weighted by molar-refractivity contribution is 6.05. The maximum atomic E-state index is 12.6. The zero-order valence-electron chi connectivity index (χ0n) is 18.3. The summed E-state index contributed by atoms with van der Waals surface area (Å²) in [5.41, 5.74) is 3.22. The van der Waals surface area contributed by atoms with Crippen LogP contribution in [0.2, 0.25) is 0 Å². The molecule has 0 atom stereocenters. The van der Waals surface area contributed by atoms with E-state index in [-0.39, 0.29) is 0 Å². The van der Waals surface area contributed by atoms with E-state index < -0.39 is 12.5 Å². The fraction of sp³-hybridized carbons (Fsp3) is 0.0417. The van der Waals surface area contributed by atoms with Crippen molar-refractivity contribution in [3.8, 4) is 6.07 Å². The van der Waals surface area contributed by atoms with Crippen LogP contribution in [0.25, 0.3) is 21.9 Å². The molecule has 3 N–H and O–H groups in total. The largest absolute Gasteiger partial charge is 0.346 e. The number of benzene rings is 2. The predicted molar refractivity (Wildman–Crippen MR) is 121 cm³/mol. The van der Waals surface area contributed by atoms with Gasteiger partial charge in [-0.1, -0.05) is 12.1 Å². The number of carbonyl (C=O) groups excluding carboxylic acids is 1. The summed E-state index contributed by atoms with van der Waals surface area (Å²) < 4.78 is 19.3. The van der Waals surface area contributed by atoms with E-state index in [1.807, 2.05) is 12.1 Å². The maximum absolute atomic E-state index is 12.6. The van der Waals surface area contributed by atoms with Gasteiger partial charge in [0.05, 0.1) is 25.6 Å². The van der Waals surface area contributed by atoms with Gasteiger partial charge >= 0.3 is 6.03 Å². The highest BCUT2D eigenvalue weighted by Crippen LogP contribution is 2.26. The molecule has 7 heteroatoms. The first kappa shape index (κ1) is 16.3. The second kappa shape index (κ2) is 7.69. The molecular weight excluding hydrogens is 388 g/mol. The van der Waals surface area contributed by atoms with Crippen LogP contribution in [0.3, 0.4) is 0 Å². The van der Waals surface area contributed by atoms with Gasteiger partial charge in [0, 0.05) is 41.5 Å². The third-order valence-electron chi connectivity index (χ3n) is 4.93. The molecule has 0 aliphatic heterocycles. The maximum Gasteiger partial charge on any atom is 0.323 e. The van der Waals surface area contributed by atoms with Crippen molar-refractivity contribution < 1.29 is 7.54 Å². The van der Waals surface area contributed by atoms with Crippen molar-refractivity contribution >= 4 is 39.3 Å². The van der Waals surface area contributed by atoms with Crippen molar-refractivity contribution in [2.24, 2.45) is 0 Å². The predicted octanol–water partition coefficient (Wildman–Crippen LogP) is 5.08. The molecule has 31 heavy (non-hydrogen) atoms. The minimum absolute atomic E-state index is 0.446. The number of nitriles is 1. The first-order valence-corrected chi connectivity index (χ1v) is 9.59. The Morgan fingerprint density at radius 1 is 1.13 bits per heavy atom. The van der Waals surface area contributed by atoms with Crippen LogP contribution in [0.15, 0.2) is 79.3 Å². The molecule has 0 fully saturated rings. The van der Waals surface area contributed by atoms with Gasteiger partial charge in [-0.15, -0.1) is 0 Å². The van der Waals surface area contributed by atoms with Crippen molar-refractivity contribution in [3.63, 3.8) is 0 Å². The quantitative estimate of drug-likeness (QED) is 0.387. The molecule has 0 aliphatic carbocycles. The molecule has 2 aromatic carbocycles. The van der Waals surface area contributed by atoms with Crippen molar-refractivity contribution in [2.45, 2.75) is 6.50 Å².